The van der Waals surface area contributed by atoms with Crippen molar-refractivity contribution in [3.8, 4) is 5.75 Å². The maximum atomic E-state index is 13.9. The van der Waals surface area contributed by atoms with Gasteiger partial charge in [0.2, 0.25) is 0 Å². The largest absolute Gasteiger partial charge is 0.496 e. The highest BCUT2D eigenvalue weighted by molar-refractivity contribution is 5.97. The molecule has 0 aliphatic carbocycles. The number of ether oxygens (including phenoxy) is 1. The van der Waals surface area contributed by atoms with E-state index in [0.717, 1.165) is 13.1 Å². The standard InChI is InChI=1S/C15H22FN3O2/c1-11(10-17)18-6-8-19(9-7-18)15(20)14-12(16)4-3-5-13(14)21-2/h3-5,11H,6-10,17H2,1-2H3. The molecule has 1 aliphatic rings. The topological polar surface area (TPSA) is 58.8 Å². The van der Waals surface area contributed by atoms with Crippen LogP contribution in [-0.2, 0) is 0 Å². The highest BCUT2D eigenvalue weighted by Gasteiger charge is 2.27. The molecule has 1 heterocycles. The van der Waals surface area contributed by atoms with Gasteiger partial charge in [-0.2, -0.15) is 0 Å². The molecule has 1 amide bonds. The summed E-state index contributed by atoms with van der Waals surface area (Å²) in [6.07, 6.45) is 0. The normalized spacial score (nSPS) is 17.6. The number of hydrogen-bond donors (Lipinski definition) is 1. The number of nitrogens with zero attached hydrogens (tertiary/aromatic N) is 2. The molecule has 2 N–H and O–H groups in total. The predicted molar refractivity (Wildman–Crippen MR) is 78.9 cm³/mol. The fourth-order valence-electron chi connectivity index (χ4n) is 2.55. The Kier molecular flexibility index (Phi) is 5.14. The number of hydrogen-bond acceptors (Lipinski definition) is 4. The SMILES string of the molecule is COc1cccc(F)c1C(=O)N1CCN(C(C)CN)CC1. The van der Waals surface area contributed by atoms with E-state index in [1.807, 2.05) is 0 Å². The summed E-state index contributed by atoms with van der Waals surface area (Å²) in [7, 11) is 1.44. The fraction of sp³-hybridized carbons (Fsp3) is 0.533. The first-order chi connectivity index (χ1) is 10.1. The third kappa shape index (κ3) is 3.33. The summed E-state index contributed by atoms with van der Waals surface area (Å²) in [6.45, 7) is 5.30. The number of piperazine rings is 1. The zero-order valence-electron chi connectivity index (χ0n) is 12.5. The second-order valence-electron chi connectivity index (χ2n) is 5.23. The summed E-state index contributed by atoms with van der Waals surface area (Å²) in [5, 5.41) is 0. The van der Waals surface area contributed by atoms with Crippen LogP contribution in [0, 0.1) is 5.82 Å². The van der Waals surface area contributed by atoms with Crippen LogP contribution in [-0.4, -0.2) is 61.6 Å². The zero-order chi connectivity index (χ0) is 15.4. The third-order valence-electron chi connectivity index (χ3n) is 3.98. The van der Waals surface area contributed by atoms with Gasteiger partial charge in [0, 0.05) is 38.8 Å². The Labute approximate surface area is 124 Å². The van der Waals surface area contributed by atoms with Gasteiger partial charge in [-0.3, -0.25) is 9.69 Å². The Morgan fingerprint density at radius 1 is 1.38 bits per heavy atom. The molecule has 1 atom stereocenters. The van der Waals surface area contributed by atoms with Gasteiger partial charge in [-0.05, 0) is 19.1 Å². The van der Waals surface area contributed by atoms with Gasteiger partial charge in [-0.25, -0.2) is 4.39 Å². The second-order valence-corrected chi connectivity index (χ2v) is 5.23. The lowest BCUT2D eigenvalue weighted by Gasteiger charge is -2.37. The smallest absolute Gasteiger partial charge is 0.260 e. The monoisotopic (exact) mass is 295 g/mol. The Balaban J connectivity index is 2.09. The van der Waals surface area contributed by atoms with Crippen molar-refractivity contribution in [1.82, 2.24) is 9.80 Å². The van der Waals surface area contributed by atoms with Crippen LogP contribution in [0.5, 0.6) is 5.75 Å². The van der Waals surface area contributed by atoms with E-state index in [1.165, 1.54) is 19.2 Å². The summed E-state index contributed by atoms with van der Waals surface area (Å²) in [5.74, 6) is -0.583. The van der Waals surface area contributed by atoms with Crippen molar-refractivity contribution < 1.29 is 13.9 Å². The van der Waals surface area contributed by atoms with Crippen LogP contribution < -0.4 is 10.5 Å². The minimum absolute atomic E-state index is 0.0142. The molecule has 116 valence electrons. The number of benzene rings is 1. The molecule has 5 nitrogen and oxygen atoms in total. The number of halogens is 1. The molecule has 6 heteroatoms. The molecular formula is C15H22FN3O2. The maximum absolute atomic E-state index is 13.9. The molecule has 0 radical (unpaired) electrons. The van der Waals surface area contributed by atoms with Crippen molar-refractivity contribution in [3.05, 3.63) is 29.6 Å². The van der Waals surface area contributed by atoms with Gasteiger partial charge >= 0.3 is 0 Å². The molecule has 0 saturated carbocycles. The Hall–Kier alpha value is -1.66. The summed E-state index contributed by atoms with van der Waals surface area (Å²) in [4.78, 5) is 16.4. The van der Waals surface area contributed by atoms with Crippen molar-refractivity contribution in [1.29, 1.82) is 0 Å². The molecule has 21 heavy (non-hydrogen) atoms. The number of methoxy groups -OCH3 is 1. The van der Waals surface area contributed by atoms with Crippen molar-refractivity contribution in [2.24, 2.45) is 5.73 Å². The van der Waals surface area contributed by atoms with E-state index in [9.17, 15) is 9.18 Å². The van der Waals surface area contributed by atoms with E-state index in [-0.39, 0.29) is 17.2 Å². The first kappa shape index (κ1) is 15.7. The second kappa shape index (κ2) is 6.87. The Morgan fingerprint density at radius 3 is 2.62 bits per heavy atom. The van der Waals surface area contributed by atoms with Crippen LogP contribution in [0.4, 0.5) is 4.39 Å². The van der Waals surface area contributed by atoms with E-state index >= 15 is 0 Å². The molecular weight excluding hydrogens is 273 g/mol. The molecule has 2 rings (SSSR count). The van der Waals surface area contributed by atoms with Crippen molar-refractivity contribution in [3.63, 3.8) is 0 Å². The van der Waals surface area contributed by atoms with Crippen molar-refractivity contribution in [2.75, 3.05) is 39.8 Å². The molecule has 1 aromatic carbocycles. The van der Waals surface area contributed by atoms with Crippen LogP contribution in [0.3, 0.4) is 0 Å². The number of nitrogens with two attached hydrogens (primary N) is 1. The summed E-state index contributed by atoms with van der Waals surface area (Å²) in [5.41, 5.74) is 5.67. The number of amides is 1. The Bertz CT molecular complexity index is 502. The van der Waals surface area contributed by atoms with Crippen LogP contribution in [0.2, 0.25) is 0 Å². The van der Waals surface area contributed by atoms with E-state index in [2.05, 4.69) is 11.8 Å². The van der Waals surface area contributed by atoms with Gasteiger partial charge in [0.05, 0.1) is 7.11 Å². The zero-order valence-corrected chi connectivity index (χ0v) is 12.5. The lowest BCUT2D eigenvalue weighted by molar-refractivity contribution is 0.0581. The molecule has 1 aliphatic heterocycles. The van der Waals surface area contributed by atoms with E-state index in [4.69, 9.17) is 10.5 Å². The molecule has 0 bridgehead atoms. The predicted octanol–water partition coefficient (Wildman–Crippen LogP) is 0.939. The highest BCUT2D eigenvalue weighted by Crippen LogP contribution is 2.23. The molecule has 1 fully saturated rings. The molecule has 0 aromatic heterocycles. The van der Waals surface area contributed by atoms with Crippen LogP contribution >= 0.6 is 0 Å². The molecule has 1 unspecified atom stereocenters. The van der Waals surface area contributed by atoms with Crippen LogP contribution in [0.25, 0.3) is 0 Å². The average Bonchev–Trinajstić information content (AvgIpc) is 2.53. The quantitative estimate of drug-likeness (QED) is 0.898. The van der Waals surface area contributed by atoms with Gasteiger partial charge in [0.25, 0.3) is 5.91 Å². The van der Waals surface area contributed by atoms with Gasteiger partial charge in [0.15, 0.2) is 0 Å². The summed E-state index contributed by atoms with van der Waals surface area (Å²) in [6, 6.07) is 4.71. The minimum atomic E-state index is -0.544. The van der Waals surface area contributed by atoms with Gasteiger partial charge < -0.3 is 15.4 Å². The lowest BCUT2D eigenvalue weighted by Crippen LogP contribution is -2.53. The molecule has 1 aromatic rings. The first-order valence-electron chi connectivity index (χ1n) is 7.14. The van der Waals surface area contributed by atoms with E-state index in [1.54, 1.807) is 11.0 Å². The van der Waals surface area contributed by atoms with Gasteiger partial charge in [-0.1, -0.05) is 6.07 Å². The first-order valence-corrected chi connectivity index (χ1v) is 7.14. The van der Waals surface area contributed by atoms with Crippen LogP contribution in [0.1, 0.15) is 17.3 Å². The average molecular weight is 295 g/mol. The number of rotatable bonds is 4. The van der Waals surface area contributed by atoms with Crippen molar-refractivity contribution >= 4 is 5.91 Å². The van der Waals surface area contributed by atoms with E-state index in [0.29, 0.717) is 25.7 Å². The Morgan fingerprint density at radius 2 is 2.05 bits per heavy atom. The molecule has 0 spiro atoms. The summed E-state index contributed by atoms with van der Waals surface area (Å²) < 4.78 is 19.0. The number of carbonyl (C=O) groups is 1. The highest BCUT2D eigenvalue weighted by atomic mass is 19.1. The van der Waals surface area contributed by atoms with Gasteiger partial charge in [-0.15, -0.1) is 0 Å². The lowest BCUT2D eigenvalue weighted by atomic mass is 10.1. The van der Waals surface area contributed by atoms with Gasteiger partial charge in [0.1, 0.15) is 17.1 Å². The third-order valence-corrected chi connectivity index (χ3v) is 3.98. The minimum Gasteiger partial charge on any atom is -0.496 e. The van der Waals surface area contributed by atoms with Crippen molar-refractivity contribution in [2.45, 2.75) is 13.0 Å². The van der Waals surface area contributed by atoms with Crippen LogP contribution in [0.15, 0.2) is 18.2 Å². The fourth-order valence-corrected chi connectivity index (χ4v) is 2.55. The number of carbonyl (C=O) groups excluding carboxylic acids is 1. The van der Waals surface area contributed by atoms with E-state index < -0.39 is 5.82 Å². The molecule has 1 saturated heterocycles. The summed E-state index contributed by atoms with van der Waals surface area (Å²) >= 11 is 0. The maximum Gasteiger partial charge on any atom is 0.260 e.